The zero-order valence-corrected chi connectivity index (χ0v) is 13.8. The second-order valence-corrected chi connectivity index (χ2v) is 8.13. The van der Waals surface area contributed by atoms with Crippen molar-refractivity contribution < 1.29 is 9.31 Å². The standard InChI is InChI=1S/C14H25BBrNO2/c1-13(2)9-7-10(13)14(3)11(8-9)18-15(19-14)12(17)5-4-6-16/h9-12H,4-8,17H2,1-3H3/t9-,10-,11+,12-,14-/m0/s1. The molecule has 3 saturated carbocycles. The Hall–Kier alpha value is 0.425. The molecule has 2 bridgehead atoms. The van der Waals surface area contributed by atoms with Gasteiger partial charge in [-0.2, -0.15) is 0 Å². The highest BCUT2D eigenvalue weighted by molar-refractivity contribution is 9.09. The minimum absolute atomic E-state index is 0.000266. The number of rotatable bonds is 4. The lowest BCUT2D eigenvalue weighted by Crippen LogP contribution is -2.65. The lowest BCUT2D eigenvalue weighted by Gasteiger charge is -2.64. The van der Waals surface area contributed by atoms with E-state index in [1.165, 1.54) is 6.42 Å². The predicted molar refractivity (Wildman–Crippen MR) is 81.1 cm³/mol. The first-order valence-corrected chi connectivity index (χ1v) is 8.66. The summed E-state index contributed by atoms with van der Waals surface area (Å²) in [5, 5.41) is 0.992. The number of halogens is 1. The van der Waals surface area contributed by atoms with E-state index < -0.39 is 0 Å². The molecule has 1 aliphatic heterocycles. The molecule has 0 aromatic heterocycles. The van der Waals surface area contributed by atoms with Crippen molar-refractivity contribution in [2.24, 2.45) is 23.0 Å². The van der Waals surface area contributed by atoms with Gasteiger partial charge in [0.05, 0.1) is 11.7 Å². The molecule has 4 fully saturated rings. The smallest absolute Gasteiger partial charge is 0.404 e. The molecular weight excluding hydrogens is 305 g/mol. The van der Waals surface area contributed by atoms with Crippen LogP contribution in [0.3, 0.4) is 0 Å². The highest BCUT2D eigenvalue weighted by atomic mass is 79.9. The largest absolute Gasteiger partial charge is 0.475 e. The summed E-state index contributed by atoms with van der Waals surface area (Å²) in [6, 6.07) is 0. The second kappa shape index (κ2) is 4.72. The quantitative estimate of drug-likeness (QED) is 0.637. The van der Waals surface area contributed by atoms with Gasteiger partial charge < -0.3 is 15.0 Å². The highest BCUT2D eigenvalue weighted by Gasteiger charge is 2.68. The Balaban J connectivity index is 1.70. The molecule has 3 nitrogen and oxygen atoms in total. The molecule has 1 heterocycles. The van der Waals surface area contributed by atoms with Gasteiger partial charge in [-0.25, -0.2) is 0 Å². The second-order valence-electron chi connectivity index (χ2n) is 7.33. The molecule has 3 aliphatic carbocycles. The predicted octanol–water partition coefficient (Wildman–Crippen LogP) is 2.76. The van der Waals surface area contributed by atoms with Crippen molar-refractivity contribution >= 4 is 23.0 Å². The summed E-state index contributed by atoms with van der Waals surface area (Å²) < 4.78 is 12.5. The van der Waals surface area contributed by atoms with E-state index in [9.17, 15) is 0 Å². The van der Waals surface area contributed by atoms with E-state index in [1.807, 2.05) is 0 Å². The Morgan fingerprint density at radius 3 is 2.74 bits per heavy atom. The maximum absolute atomic E-state index is 6.33. The van der Waals surface area contributed by atoms with Crippen LogP contribution >= 0.6 is 15.9 Å². The SMILES string of the molecule is CC1(C)[C@@H]2C[C@H]3OB([C@@H](N)CCCBr)O[C@@]3(C)[C@H]1C2. The topological polar surface area (TPSA) is 44.5 Å². The van der Waals surface area contributed by atoms with Crippen molar-refractivity contribution in [3.63, 3.8) is 0 Å². The number of nitrogens with two attached hydrogens (primary N) is 1. The van der Waals surface area contributed by atoms with Crippen molar-refractivity contribution in [2.75, 3.05) is 5.33 Å². The van der Waals surface area contributed by atoms with Crippen LogP contribution in [0.25, 0.3) is 0 Å². The molecule has 0 spiro atoms. The molecule has 0 aromatic carbocycles. The Morgan fingerprint density at radius 1 is 1.37 bits per heavy atom. The summed E-state index contributed by atoms with van der Waals surface area (Å²) in [6.07, 6.45) is 4.72. The monoisotopic (exact) mass is 329 g/mol. The molecule has 2 N–H and O–H groups in total. The third-order valence-electron chi connectivity index (χ3n) is 5.99. The molecule has 1 saturated heterocycles. The lowest BCUT2D eigenvalue weighted by molar-refractivity contribution is -0.199. The van der Waals surface area contributed by atoms with Crippen LogP contribution in [0, 0.1) is 17.3 Å². The van der Waals surface area contributed by atoms with Crippen molar-refractivity contribution in [3.05, 3.63) is 0 Å². The van der Waals surface area contributed by atoms with Crippen molar-refractivity contribution in [1.29, 1.82) is 0 Å². The number of alkyl halides is 1. The summed E-state index contributed by atoms with van der Waals surface area (Å²) in [7, 11) is -0.204. The summed E-state index contributed by atoms with van der Waals surface area (Å²) in [5.41, 5.74) is 6.52. The lowest BCUT2D eigenvalue weighted by atomic mass is 9.43. The van der Waals surface area contributed by atoms with Crippen LogP contribution in [0.2, 0.25) is 0 Å². The van der Waals surface area contributed by atoms with Crippen molar-refractivity contribution in [3.8, 4) is 0 Å². The molecule has 108 valence electrons. The molecule has 4 rings (SSSR count). The van der Waals surface area contributed by atoms with Gasteiger partial charge in [-0.1, -0.05) is 29.8 Å². The average molecular weight is 330 g/mol. The minimum atomic E-state index is -0.204. The molecule has 5 atom stereocenters. The van der Waals surface area contributed by atoms with E-state index in [0.717, 1.165) is 30.5 Å². The van der Waals surface area contributed by atoms with Gasteiger partial charge >= 0.3 is 7.12 Å². The van der Waals surface area contributed by atoms with Gasteiger partial charge in [-0.3, -0.25) is 0 Å². The van der Waals surface area contributed by atoms with Gasteiger partial charge in [-0.05, 0) is 49.9 Å². The van der Waals surface area contributed by atoms with Crippen LogP contribution in [0.1, 0.15) is 46.5 Å². The molecule has 5 heteroatoms. The van der Waals surface area contributed by atoms with Crippen molar-refractivity contribution in [1.82, 2.24) is 0 Å². The normalized spacial score (nSPS) is 44.7. The van der Waals surface area contributed by atoms with E-state index in [2.05, 4.69) is 36.7 Å². The molecule has 0 amide bonds. The van der Waals surface area contributed by atoms with Gasteiger partial charge in [0.25, 0.3) is 0 Å². The Kier molecular flexibility index (Phi) is 3.57. The van der Waals surface area contributed by atoms with E-state index >= 15 is 0 Å². The van der Waals surface area contributed by atoms with Crippen LogP contribution < -0.4 is 5.73 Å². The van der Waals surface area contributed by atoms with E-state index in [0.29, 0.717) is 11.3 Å². The fourth-order valence-electron chi connectivity index (χ4n) is 4.53. The summed E-state index contributed by atoms with van der Waals surface area (Å²) in [6.45, 7) is 7.01. The molecule has 0 radical (unpaired) electrons. The van der Waals surface area contributed by atoms with Crippen LogP contribution in [-0.4, -0.2) is 30.1 Å². The summed E-state index contributed by atoms with van der Waals surface area (Å²) >= 11 is 3.45. The van der Waals surface area contributed by atoms with Crippen LogP contribution in [0.15, 0.2) is 0 Å². The summed E-state index contributed by atoms with van der Waals surface area (Å²) in [5.74, 6) is 1.43. The van der Waals surface area contributed by atoms with Gasteiger partial charge in [0, 0.05) is 11.3 Å². The van der Waals surface area contributed by atoms with Crippen LogP contribution in [0.5, 0.6) is 0 Å². The van der Waals surface area contributed by atoms with Crippen LogP contribution in [-0.2, 0) is 9.31 Å². The minimum Gasteiger partial charge on any atom is -0.404 e. The van der Waals surface area contributed by atoms with Gasteiger partial charge in [-0.15, -0.1) is 0 Å². The first kappa shape index (κ1) is 14.4. The Labute approximate surface area is 125 Å². The maximum atomic E-state index is 6.33. The third-order valence-corrected chi connectivity index (χ3v) is 6.55. The number of hydrogen-bond acceptors (Lipinski definition) is 3. The van der Waals surface area contributed by atoms with Gasteiger partial charge in [0.2, 0.25) is 0 Å². The molecule has 0 unspecified atom stereocenters. The third kappa shape index (κ3) is 2.03. The first-order chi connectivity index (χ1) is 8.89. The first-order valence-electron chi connectivity index (χ1n) is 7.54. The fraction of sp³-hybridized carbons (Fsp3) is 1.00. The average Bonchev–Trinajstić information content (AvgIpc) is 2.72. The van der Waals surface area contributed by atoms with Crippen LogP contribution in [0.4, 0.5) is 0 Å². The molecule has 0 aromatic rings. The highest BCUT2D eigenvalue weighted by Crippen LogP contribution is 2.65. The fourth-order valence-corrected chi connectivity index (χ4v) is 4.86. The maximum Gasteiger partial charge on any atom is 0.475 e. The molecule has 19 heavy (non-hydrogen) atoms. The zero-order valence-electron chi connectivity index (χ0n) is 12.2. The Bertz CT molecular complexity index is 367. The van der Waals surface area contributed by atoms with E-state index in [1.54, 1.807) is 0 Å². The molecule has 4 aliphatic rings. The van der Waals surface area contributed by atoms with E-state index in [-0.39, 0.29) is 24.8 Å². The Morgan fingerprint density at radius 2 is 2.11 bits per heavy atom. The van der Waals surface area contributed by atoms with Gasteiger partial charge in [0.15, 0.2) is 0 Å². The van der Waals surface area contributed by atoms with E-state index in [4.69, 9.17) is 15.0 Å². The van der Waals surface area contributed by atoms with Gasteiger partial charge in [0.1, 0.15) is 0 Å². The summed E-state index contributed by atoms with van der Waals surface area (Å²) in [4.78, 5) is 0. The number of hydrogen-bond donors (Lipinski definition) is 1. The molecular formula is C14H25BBrNO2. The van der Waals surface area contributed by atoms with Crippen molar-refractivity contribution in [2.45, 2.75) is 64.1 Å². The zero-order chi connectivity index (χ0) is 13.8.